The van der Waals surface area contributed by atoms with Crippen LogP contribution >= 0.6 is 12.0 Å². The molecule has 0 unspecified atom stereocenters. The average Bonchev–Trinajstić information content (AvgIpc) is 2.94. The predicted molar refractivity (Wildman–Crippen MR) is 174 cm³/mol. The number of nitrogens with one attached hydrogen (secondary N) is 2. The standard InChI is InChI=1S/C31H50N2O5S.C2H6/c1-5-6-7-8-9-10-11-12-13-14-15-16-17-18-19-20-21-22-28(35)38-39-26-25-32-27(34)23-24-33-30(37)29(36)31(2,3)4;1-2/h6-7,9-10,12-13,15-16,18-19,29,36H,5,8,11,14,17,20-26H2,1-4H3,(H,32,34)(H,33,37);1-2H3/b7-6-,10-9-,13-12-,16-15-,19-18-;/t29-;/m0./s1. The maximum absolute atomic E-state index is 11.8. The second-order valence-corrected chi connectivity index (χ2v) is 10.8. The maximum Gasteiger partial charge on any atom is 0.317 e. The van der Waals surface area contributed by atoms with Crippen LogP contribution in [0.15, 0.2) is 60.8 Å². The van der Waals surface area contributed by atoms with Crippen LogP contribution in [0.2, 0.25) is 0 Å². The fourth-order valence-corrected chi connectivity index (χ4v) is 3.48. The smallest absolute Gasteiger partial charge is 0.317 e. The lowest BCUT2D eigenvalue weighted by Crippen LogP contribution is -2.43. The quantitative estimate of drug-likeness (QED) is 0.0742. The van der Waals surface area contributed by atoms with Crippen LogP contribution in [0, 0.1) is 5.41 Å². The van der Waals surface area contributed by atoms with Gasteiger partial charge in [-0.15, -0.1) is 0 Å². The monoisotopic (exact) mass is 592 g/mol. The highest BCUT2D eigenvalue weighted by molar-refractivity contribution is 7.95. The fourth-order valence-electron chi connectivity index (χ4n) is 2.99. The number of aliphatic hydroxyl groups is 1. The van der Waals surface area contributed by atoms with Crippen molar-refractivity contribution in [2.24, 2.45) is 5.41 Å². The zero-order chi connectivity index (χ0) is 31.2. The van der Waals surface area contributed by atoms with Gasteiger partial charge in [0.25, 0.3) is 0 Å². The first-order chi connectivity index (χ1) is 19.7. The lowest BCUT2D eigenvalue weighted by atomic mass is 9.89. The van der Waals surface area contributed by atoms with Crippen LogP contribution in [-0.4, -0.2) is 47.8 Å². The molecule has 0 aliphatic carbocycles. The van der Waals surface area contributed by atoms with Crippen molar-refractivity contribution in [2.75, 3.05) is 18.8 Å². The molecule has 0 aliphatic rings. The fraction of sp³-hybridized carbons (Fsp3) is 0.606. The van der Waals surface area contributed by atoms with E-state index in [-0.39, 0.29) is 24.8 Å². The van der Waals surface area contributed by atoms with Crippen molar-refractivity contribution in [3.63, 3.8) is 0 Å². The van der Waals surface area contributed by atoms with Gasteiger partial charge in [0.05, 0.1) is 12.0 Å². The Hall–Kier alpha value is -2.58. The molecule has 0 spiro atoms. The second-order valence-electron chi connectivity index (χ2n) is 10.0. The first kappa shape index (κ1) is 40.6. The molecule has 0 bridgehead atoms. The SMILES string of the molecule is CC.CC/C=C\C/C=C\C/C=C\C/C=C\C/C=C\CCCC(=O)OSCCNC(=O)CCNC(=O)[C@H](O)C(C)(C)C. The number of carbonyl (C=O) groups is 3. The van der Waals surface area contributed by atoms with E-state index in [4.69, 9.17) is 4.18 Å². The van der Waals surface area contributed by atoms with E-state index in [0.717, 1.165) is 57.0 Å². The molecule has 7 nitrogen and oxygen atoms in total. The van der Waals surface area contributed by atoms with Crippen molar-refractivity contribution >= 4 is 29.8 Å². The minimum absolute atomic E-state index is 0.114. The number of hydrogen-bond acceptors (Lipinski definition) is 6. The molecule has 0 heterocycles. The van der Waals surface area contributed by atoms with Gasteiger partial charge in [0.2, 0.25) is 11.8 Å². The number of amides is 2. The van der Waals surface area contributed by atoms with E-state index in [1.165, 1.54) is 0 Å². The molecular formula is C33H56N2O5S. The van der Waals surface area contributed by atoms with Gasteiger partial charge < -0.3 is 19.9 Å². The van der Waals surface area contributed by atoms with Crippen LogP contribution in [0.4, 0.5) is 0 Å². The zero-order valence-corrected chi connectivity index (χ0v) is 27.1. The normalized spacial score (nSPS) is 12.8. The highest BCUT2D eigenvalue weighted by Gasteiger charge is 2.28. The summed E-state index contributed by atoms with van der Waals surface area (Å²) in [6.07, 6.45) is 27.4. The van der Waals surface area contributed by atoms with Gasteiger partial charge in [-0.25, -0.2) is 0 Å². The number of carbonyl (C=O) groups excluding carboxylic acids is 3. The van der Waals surface area contributed by atoms with Crippen LogP contribution in [0.25, 0.3) is 0 Å². The van der Waals surface area contributed by atoms with Gasteiger partial charge in [0.1, 0.15) is 6.10 Å². The van der Waals surface area contributed by atoms with E-state index in [1.807, 2.05) is 13.8 Å². The molecule has 1 atom stereocenters. The van der Waals surface area contributed by atoms with Crippen LogP contribution in [0.3, 0.4) is 0 Å². The summed E-state index contributed by atoms with van der Waals surface area (Å²) in [5.74, 6) is -0.524. The van der Waals surface area contributed by atoms with Crippen molar-refractivity contribution in [3.05, 3.63) is 60.8 Å². The molecule has 0 radical (unpaired) electrons. The lowest BCUT2D eigenvalue weighted by molar-refractivity contribution is -0.135. The Bertz CT molecular complexity index is 826. The summed E-state index contributed by atoms with van der Waals surface area (Å²) in [5.41, 5.74) is -0.559. The number of unbranched alkanes of at least 4 members (excludes halogenated alkanes) is 1. The van der Waals surface area contributed by atoms with E-state index in [0.29, 0.717) is 18.7 Å². The average molecular weight is 593 g/mol. The summed E-state index contributed by atoms with van der Waals surface area (Å²) in [6.45, 7) is 11.9. The van der Waals surface area contributed by atoms with Gasteiger partial charge in [-0.1, -0.05) is 102 Å². The first-order valence-corrected chi connectivity index (χ1v) is 15.9. The molecule has 8 heteroatoms. The van der Waals surface area contributed by atoms with Crippen LogP contribution in [0.5, 0.6) is 0 Å². The van der Waals surface area contributed by atoms with Crippen LogP contribution < -0.4 is 10.6 Å². The van der Waals surface area contributed by atoms with E-state index in [2.05, 4.69) is 78.3 Å². The summed E-state index contributed by atoms with van der Waals surface area (Å²) < 4.78 is 5.12. The molecule has 0 rings (SSSR count). The Kier molecular flexibility index (Phi) is 28.6. The summed E-state index contributed by atoms with van der Waals surface area (Å²) in [7, 11) is 0. The van der Waals surface area contributed by atoms with Gasteiger partial charge in [0, 0.05) is 31.7 Å². The Morgan fingerprint density at radius 1 is 0.780 bits per heavy atom. The Labute approximate surface area is 254 Å². The molecule has 0 saturated heterocycles. The van der Waals surface area contributed by atoms with E-state index in [9.17, 15) is 19.5 Å². The molecule has 2 amide bonds. The highest BCUT2D eigenvalue weighted by Crippen LogP contribution is 2.18. The molecule has 3 N–H and O–H groups in total. The van der Waals surface area contributed by atoms with Crippen LogP contribution in [0.1, 0.15) is 99.3 Å². The third-order valence-electron chi connectivity index (χ3n) is 5.29. The van der Waals surface area contributed by atoms with Crippen molar-refractivity contribution < 1.29 is 23.7 Å². The molecule has 0 fully saturated rings. The van der Waals surface area contributed by atoms with E-state index in [1.54, 1.807) is 20.8 Å². The Morgan fingerprint density at radius 3 is 1.80 bits per heavy atom. The van der Waals surface area contributed by atoms with Crippen molar-refractivity contribution in [3.8, 4) is 0 Å². The lowest BCUT2D eigenvalue weighted by Gasteiger charge is -2.24. The highest BCUT2D eigenvalue weighted by atomic mass is 32.2. The summed E-state index contributed by atoms with van der Waals surface area (Å²) in [4.78, 5) is 35.4. The largest absolute Gasteiger partial charge is 0.391 e. The molecular weight excluding hydrogens is 536 g/mol. The second kappa shape index (κ2) is 28.9. The van der Waals surface area contributed by atoms with E-state index < -0.39 is 17.4 Å². The number of allylic oxidation sites excluding steroid dienone is 10. The minimum atomic E-state index is -1.13. The van der Waals surface area contributed by atoms with Gasteiger partial charge >= 0.3 is 5.97 Å². The third kappa shape index (κ3) is 28.7. The molecule has 0 aromatic heterocycles. The van der Waals surface area contributed by atoms with E-state index >= 15 is 0 Å². The van der Waals surface area contributed by atoms with Gasteiger partial charge in [-0.2, -0.15) is 0 Å². The molecule has 0 aliphatic heterocycles. The minimum Gasteiger partial charge on any atom is -0.391 e. The van der Waals surface area contributed by atoms with Crippen molar-refractivity contribution in [1.82, 2.24) is 10.6 Å². The number of aliphatic hydroxyl groups excluding tert-OH is 1. The summed E-state index contributed by atoms with van der Waals surface area (Å²) in [5, 5.41) is 15.1. The third-order valence-corrected chi connectivity index (χ3v) is 5.96. The number of rotatable bonds is 21. The molecule has 234 valence electrons. The number of hydrogen-bond donors (Lipinski definition) is 3. The Balaban J connectivity index is 0. The van der Waals surface area contributed by atoms with Gasteiger partial charge in [-0.05, 0) is 50.4 Å². The summed E-state index contributed by atoms with van der Waals surface area (Å²) >= 11 is 1.02. The molecule has 0 aromatic carbocycles. The summed E-state index contributed by atoms with van der Waals surface area (Å²) in [6, 6.07) is 0. The van der Waals surface area contributed by atoms with Gasteiger partial charge in [-0.3, -0.25) is 14.4 Å². The molecule has 0 saturated carbocycles. The first-order valence-electron chi connectivity index (χ1n) is 15.0. The van der Waals surface area contributed by atoms with Gasteiger partial charge in [0.15, 0.2) is 0 Å². The molecule has 41 heavy (non-hydrogen) atoms. The predicted octanol–water partition coefficient (Wildman–Crippen LogP) is 7.16. The molecule has 0 aromatic rings. The van der Waals surface area contributed by atoms with Crippen molar-refractivity contribution in [1.29, 1.82) is 0 Å². The van der Waals surface area contributed by atoms with Crippen molar-refractivity contribution in [2.45, 2.75) is 105 Å². The zero-order valence-electron chi connectivity index (χ0n) is 26.3. The topological polar surface area (TPSA) is 105 Å². The maximum atomic E-state index is 11.8. The van der Waals surface area contributed by atoms with Crippen LogP contribution in [-0.2, 0) is 18.6 Å². The Morgan fingerprint density at radius 2 is 1.29 bits per heavy atom.